The third-order valence-corrected chi connectivity index (χ3v) is 6.53. The number of carbonyl (C=O) groups excluding carboxylic acids is 1. The molecular weight excluding hydrogens is 367 g/mol. The fourth-order valence-electron chi connectivity index (χ4n) is 5.13. The van der Waals surface area contributed by atoms with Gasteiger partial charge in [0.1, 0.15) is 5.82 Å². The molecule has 0 unspecified atom stereocenters. The first kappa shape index (κ1) is 20.1. The maximum Gasteiger partial charge on any atom is 0.224 e. The molecule has 3 heterocycles. The van der Waals surface area contributed by atoms with Gasteiger partial charge in [-0.25, -0.2) is 4.39 Å². The number of hydrogen-bond acceptors (Lipinski definition) is 3. The lowest BCUT2D eigenvalue weighted by Gasteiger charge is -2.39. The molecule has 2 aliphatic heterocycles. The second-order valence-electron chi connectivity index (χ2n) is 8.63. The molecule has 0 aliphatic carbocycles. The van der Waals surface area contributed by atoms with Crippen molar-refractivity contribution >= 4 is 5.91 Å². The van der Waals surface area contributed by atoms with Gasteiger partial charge >= 0.3 is 0 Å². The molecule has 0 radical (unpaired) electrons. The quantitative estimate of drug-likeness (QED) is 0.790. The van der Waals surface area contributed by atoms with E-state index >= 15 is 0 Å². The van der Waals surface area contributed by atoms with Crippen LogP contribution in [0.3, 0.4) is 0 Å². The number of likely N-dealkylation sites (N-methyl/N-ethyl adjacent to an activating group) is 1. The highest BCUT2D eigenvalue weighted by molar-refractivity contribution is 5.77. The van der Waals surface area contributed by atoms with Crippen LogP contribution in [0.4, 0.5) is 4.39 Å². The first-order chi connectivity index (χ1) is 14.0. The molecule has 29 heavy (non-hydrogen) atoms. The smallest absolute Gasteiger partial charge is 0.224 e. The number of nitrogens with zero attached hydrogens (tertiary/aromatic N) is 4. The minimum atomic E-state index is -0.202. The van der Waals surface area contributed by atoms with E-state index in [1.165, 1.54) is 12.5 Å². The average molecular weight is 399 g/mol. The Morgan fingerprint density at radius 2 is 2.14 bits per heavy atom. The van der Waals surface area contributed by atoms with Crippen molar-refractivity contribution in [2.45, 2.75) is 63.6 Å². The summed E-state index contributed by atoms with van der Waals surface area (Å²) >= 11 is 0. The van der Waals surface area contributed by atoms with Gasteiger partial charge in [-0.3, -0.25) is 9.48 Å². The fourth-order valence-corrected chi connectivity index (χ4v) is 5.13. The van der Waals surface area contributed by atoms with E-state index in [9.17, 15) is 9.18 Å². The molecule has 3 atom stereocenters. The zero-order valence-corrected chi connectivity index (χ0v) is 17.4. The van der Waals surface area contributed by atoms with Crippen molar-refractivity contribution < 1.29 is 9.18 Å². The van der Waals surface area contributed by atoms with Gasteiger partial charge in [-0.05, 0) is 50.1 Å². The number of aromatic nitrogens is 2. The van der Waals surface area contributed by atoms with E-state index in [-0.39, 0.29) is 23.7 Å². The van der Waals surface area contributed by atoms with Gasteiger partial charge < -0.3 is 9.80 Å². The Labute approximate surface area is 172 Å². The summed E-state index contributed by atoms with van der Waals surface area (Å²) in [6.07, 6.45) is 8.72. The topological polar surface area (TPSA) is 41.4 Å². The van der Waals surface area contributed by atoms with Crippen LogP contribution < -0.4 is 0 Å². The number of rotatable bonds is 4. The number of carbonyl (C=O) groups is 1. The second kappa shape index (κ2) is 8.66. The van der Waals surface area contributed by atoms with Crippen molar-refractivity contribution in [1.82, 2.24) is 19.6 Å². The van der Waals surface area contributed by atoms with Crippen molar-refractivity contribution in [3.05, 3.63) is 53.6 Å². The maximum atomic E-state index is 13.9. The number of likely N-dealkylation sites (tertiary alicyclic amines) is 2. The van der Waals surface area contributed by atoms with Crippen LogP contribution in [0, 0.1) is 12.7 Å². The van der Waals surface area contributed by atoms with Crippen LogP contribution in [0.5, 0.6) is 0 Å². The highest BCUT2D eigenvalue weighted by Crippen LogP contribution is 2.38. The van der Waals surface area contributed by atoms with Crippen LogP contribution >= 0.6 is 0 Å². The Kier molecular flexibility index (Phi) is 5.99. The van der Waals surface area contributed by atoms with Crippen molar-refractivity contribution in [2.24, 2.45) is 0 Å². The van der Waals surface area contributed by atoms with Crippen molar-refractivity contribution in [1.29, 1.82) is 0 Å². The molecule has 2 saturated heterocycles. The van der Waals surface area contributed by atoms with Gasteiger partial charge in [0, 0.05) is 44.2 Å². The lowest BCUT2D eigenvalue weighted by atomic mass is 9.86. The maximum absolute atomic E-state index is 13.9. The molecule has 2 aromatic rings. The van der Waals surface area contributed by atoms with E-state index in [4.69, 9.17) is 0 Å². The normalized spacial score (nSPS) is 25.5. The Hall–Kier alpha value is -2.21. The molecule has 156 valence electrons. The number of hydrogen-bond donors (Lipinski definition) is 0. The highest BCUT2D eigenvalue weighted by atomic mass is 19.1. The van der Waals surface area contributed by atoms with Gasteiger partial charge in [-0.2, -0.15) is 5.10 Å². The van der Waals surface area contributed by atoms with Crippen LogP contribution in [0.25, 0.3) is 0 Å². The molecule has 1 amide bonds. The van der Waals surface area contributed by atoms with Crippen molar-refractivity contribution in [3.63, 3.8) is 0 Å². The van der Waals surface area contributed by atoms with Gasteiger partial charge in [0.15, 0.2) is 0 Å². The number of benzene rings is 1. The Morgan fingerprint density at radius 1 is 1.28 bits per heavy atom. The summed E-state index contributed by atoms with van der Waals surface area (Å²) in [5.74, 6) is 0.132. The molecule has 0 saturated carbocycles. The average Bonchev–Trinajstić information content (AvgIpc) is 3.23. The third-order valence-electron chi connectivity index (χ3n) is 6.53. The standard InChI is InChI=1S/C23H31FN4O/c1-17-14-25-27(15-17)12-10-22(29)28-11-5-3-4-9-21-23(28)20(16-26(21)2)18-7-6-8-19(24)13-18/h6-8,13-15,20-21,23H,3-5,9-12,16H2,1-2H3/t20-,21+,23-/m0/s1. The van der Waals surface area contributed by atoms with Crippen LogP contribution in [0.1, 0.15) is 49.1 Å². The second-order valence-corrected chi connectivity index (χ2v) is 8.63. The van der Waals surface area contributed by atoms with E-state index < -0.39 is 0 Å². The number of halogens is 1. The van der Waals surface area contributed by atoms with Crippen molar-refractivity contribution in [2.75, 3.05) is 20.1 Å². The van der Waals surface area contributed by atoms with Gasteiger partial charge in [0.2, 0.25) is 5.91 Å². The molecule has 0 spiro atoms. The third kappa shape index (κ3) is 4.37. The molecule has 1 aromatic carbocycles. The van der Waals surface area contributed by atoms with E-state index in [1.807, 2.05) is 30.1 Å². The number of amides is 1. The predicted octanol–water partition coefficient (Wildman–Crippen LogP) is 3.59. The monoisotopic (exact) mass is 398 g/mol. The van der Waals surface area contributed by atoms with E-state index in [2.05, 4.69) is 21.9 Å². The summed E-state index contributed by atoms with van der Waals surface area (Å²) in [7, 11) is 2.15. The minimum absolute atomic E-state index is 0.106. The summed E-state index contributed by atoms with van der Waals surface area (Å²) in [5, 5.41) is 4.31. The molecule has 1 aromatic heterocycles. The molecule has 0 bridgehead atoms. The van der Waals surface area contributed by atoms with Gasteiger partial charge in [-0.1, -0.05) is 25.0 Å². The van der Waals surface area contributed by atoms with Gasteiger partial charge in [-0.15, -0.1) is 0 Å². The largest absolute Gasteiger partial charge is 0.337 e. The Bertz CT molecular complexity index is 851. The highest BCUT2D eigenvalue weighted by Gasteiger charge is 2.45. The molecular formula is C23H31FN4O. The number of fused-ring (bicyclic) bond motifs is 1. The number of aryl methyl sites for hydroxylation is 2. The molecule has 4 rings (SSSR count). The molecule has 5 nitrogen and oxygen atoms in total. The molecule has 0 N–H and O–H groups in total. The van der Waals surface area contributed by atoms with Crippen LogP contribution in [-0.4, -0.2) is 57.7 Å². The zero-order valence-electron chi connectivity index (χ0n) is 17.4. The summed E-state index contributed by atoms with van der Waals surface area (Å²) in [5.41, 5.74) is 2.11. The summed E-state index contributed by atoms with van der Waals surface area (Å²) < 4.78 is 15.8. The predicted molar refractivity (Wildman–Crippen MR) is 111 cm³/mol. The summed E-state index contributed by atoms with van der Waals surface area (Å²) in [6, 6.07) is 7.38. The van der Waals surface area contributed by atoms with E-state index in [0.29, 0.717) is 19.0 Å². The van der Waals surface area contributed by atoms with E-state index in [1.54, 1.807) is 12.1 Å². The van der Waals surface area contributed by atoms with Crippen molar-refractivity contribution in [3.8, 4) is 0 Å². The SMILES string of the molecule is Cc1cnn(CCC(=O)N2CCCCC[C@@H]3[C@@H]2[C@H](c2cccc(F)c2)CN3C)c1. The van der Waals surface area contributed by atoms with Gasteiger partial charge in [0.05, 0.1) is 12.2 Å². The first-order valence-electron chi connectivity index (χ1n) is 10.8. The minimum Gasteiger partial charge on any atom is -0.337 e. The molecule has 6 heteroatoms. The Balaban J connectivity index is 1.58. The lowest BCUT2D eigenvalue weighted by molar-refractivity contribution is -0.135. The van der Waals surface area contributed by atoms with Crippen LogP contribution in [0.2, 0.25) is 0 Å². The Morgan fingerprint density at radius 3 is 2.90 bits per heavy atom. The lowest BCUT2D eigenvalue weighted by Crippen LogP contribution is -2.50. The zero-order chi connectivity index (χ0) is 20.4. The summed E-state index contributed by atoms with van der Waals surface area (Å²) in [4.78, 5) is 17.8. The van der Waals surface area contributed by atoms with Crippen LogP contribution in [-0.2, 0) is 11.3 Å². The van der Waals surface area contributed by atoms with Gasteiger partial charge in [0.25, 0.3) is 0 Å². The molecule has 2 aliphatic rings. The fraction of sp³-hybridized carbons (Fsp3) is 0.565. The first-order valence-corrected chi connectivity index (χ1v) is 10.8. The van der Waals surface area contributed by atoms with Crippen LogP contribution in [0.15, 0.2) is 36.7 Å². The van der Waals surface area contributed by atoms with E-state index in [0.717, 1.165) is 43.5 Å². The summed E-state index contributed by atoms with van der Waals surface area (Å²) in [6.45, 7) is 4.26. The molecule has 2 fully saturated rings.